The first-order valence-corrected chi connectivity index (χ1v) is 8.14. The van der Waals surface area contributed by atoms with E-state index in [0.29, 0.717) is 12.0 Å². The third-order valence-electron chi connectivity index (χ3n) is 3.58. The number of nitrogens with zero attached hydrogens (tertiary/aromatic N) is 4. The van der Waals surface area contributed by atoms with Crippen LogP contribution in [-0.4, -0.2) is 40.7 Å². The Morgan fingerprint density at radius 2 is 1.90 bits per heavy atom. The van der Waals surface area contributed by atoms with Crippen LogP contribution in [0.3, 0.4) is 0 Å². The molecule has 1 aliphatic heterocycles. The smallest absolute Gasteiger partial charge is 0.323 e. The standard InChI is InChI=1S/C15H27N5O/c1-4-9-12(3)21-15-18-13(16-5-2)17-14(19-15)20-10-7-6-8-11-20/h12H,4-11H2,1-3H3,(H,16,17,18,19). The van der Waals surface area contributed by atoms with Gasteiger partial charge in [-0.2, -0.15) is 15.0 Å². The van der Waals surface area contributed by atoms with Gasteiger partial charge < -0.3 is 15.0 Å². The van der Waals surface area contributed by atoms with Crippen molar-refractivity contribution in [3.8, 4) is 6.01 Å². The zero-order valence-electron chi connectivity index (χ0n) is 13.4. The van der Waals surface area contributed by atoms with E-state index in [2.05, 4.69) is 39.0 Å². The number of ether oxygens (including phenoxy) is 1. The summed E-state index contributed by atoms with van der Waals surface area (Å²) in [5.74, 6) is 1.34. The maximum Gasteiger partial charge on any atom is 0.323 e. The van der Waals surface area contributed by atoms with Crippen molar-refractivity contribution in [1.82, 2.24) is 15.0 Å². The molecule has 118 valence electrons. The highest BCUT2D eigenvalue weighted by molar-refractivity contribution is 5.38. The van der Waals surface area contributed by atoms with Gasteiger partial charge in [-0.05, 0) is 39.5 Å². The van der Waals surface area contributed by atoms with Gasteiger partial charge in [0.25, 0.3) is 0 Å². The molecule has 0 amide bonds. The zero-order chi connectivity index (χ0) is 15.1. The van der Waals surface area contributed by atoms with Crippen LogP contribution >= 0.6 is 0 Å². The number of hydrogen-bond acceptors (Lipinski definition) is 6. The van der Waals surface area contributed by atoms with Gasteiger partial charge in [0.05, 0.1) is 6.10 Å². The number of aromatic nitrogens is 3. The fourth-order valence-electron chi connectivity index (χ4n) is 2.52. The third-order valence-corrected chi connectivity index (χ3v) is 3.58. The van der Waals surface area contributed by atoms with Crippen LogP contribution in [0.15, 0.2) is 0 Å². The largest absolute Gasteiger partial charge is 0.460 e. The lowest BCUT2D eigenvalue weighted by atomic mass is 10.1. The van der Waals surface area contributed by atoms with Crippen molar-refractivity contribution in [2.24, 2.45) is 0 Å². The molecule has 6 heteroatoms. The van der Waals surface area contributed by atoms with Crippen molar-refractivity contribution in [2.75, 3.05) is 29.9 Å². The average molecular weight is 293 g/mol. The molecule has 0 bridgehead atoms. The lowest BCUT2D eigenvalue weighted by molar-refractivity contribution is 0.192. The van der Waals surface area contributed by atoms with Crippen LogP contribution in [0.2, 0.25) is 0 Å². The highest BCUT2D eigenvalue weighted by Crippen LogP contribution is 2.20. The molecule has 1 atom stereocenters. The van der Waals surface area contributed by atoms with Gasteiger partial charge in [0.15, 0.2) is 0 Å². The van der Waals surface area contributed by atoms with E-state index in [0.717, 1.165) is 38.4 Å². The molecule has 1 aromatic rings. The maximum absolute atomic E-state index is 5.84. The van der Waals surface area contributed by atoms with Crippen molar-refractivity contribution < 1.29 is 4.74 Å². The van der Waals surface area contributed by atoms with Crippen molar-refractivity contribution in [3.05, 3.63) is 0 Å². The quantitative estimate of drug-likeness (QED) is 0.834. The van der Waals surface area contributed by atoms with Gasteiger partial charge in [-0.3, -0.25) is 0 Å². The van der Waals surface area contributed by atoms with Gasteiger partial charge in [0.2, 0.25) is 11.9 Å². The van der Waals surface area contributed by atoms with E-state index in [1.807, 2.05) is 6.92 Å². The van der Waals surface area contributed by atoms with E-state index in [1.54, 1.807) is 0 Å². The number of hydrogen-bond donors (Lipinski definition) is 1. The number of piperidine rings is 1. The summed E-state index contributed by atoms with van der Waals surface area (Å²) >= 11 is 0. The Morgan fingerprint density at radius 1 is 1.14 bits per heavy atom. The second-order valence-corrected chi connectivity index (χ2v) is 5.54. The Hall–Kier alpha value is -1.59. The van der Waals surface area contributed by atoms with E-state index in [-0.39, 0.29) is 6.10 Å². The summed E-state index contributed by atoms with van der Waals surface area (Å²) in [6, 6.07) is 0.433. The summed E-state index contributed by atoms with van der Waals surface area (Å²) < 4.78 is 5.84. The Kier molecular flexibility index (Phi) is 6.02. The molecule has 1 fully saturated rings. The monoisotopic (exact) mass is 293 g/mol. The predicted octanol–water partition coefficient (Wildman–Crippen LogP) is 2.86. The second kappa shape index (κ2) is 8.00. The van der Waals surface area contributed by atoms with Crippen LogP contribution in [0.5, 0.6) is 6.01 Å². The molecular formula is C15H27N5O. The molecule has 0 saturated carbocycles. The molecule has 21 heavy (non-hydrogen) atoms. The molecule has 1 aliphatic rings. The SMILES string of the molecule is CCCC(C)Oc1nc(NCC)nc(N2CCCCC2)n1. The summed E-state index contributed by atoms with van der Waals surface area (Å²) in [7, 11) is 0. The van der Waals surface area contributed by atoms with E-state index in [4.69, 9.17) is 4.74 Å². The second-order valence-electron chi connectivity index (χ2n) is 5.54. The number of nitrogens with one attached hydrogen (secondary N) is 1. The molecule has 1 unspecified atom stereocenters. The van der Waals surface area contributed by atoms with E-state index < -0.39 is 0 Å². The molecule has 0 radical (unpaired) electrons. The van der Waals surface area contributed by atoms with Crippen LogP contribution in [0.1, 0.15) is 52.9 Å². The molecule has 1 N–H and O–H groups in total. The van der Waals surface area contributed by atoms with Crippen molar-refractivity contribution in [2.45, 2.75) is 59.0 Å². The summed E-state index contributed by atoms with van der Waals surface area (Å²) in [6.07, 6.45) is 5.90. The Balaban J connectivity index is 2.16. The zero-order valence-corrected chi connectivity index (χ0v) is 13.4. The van der Waals surface area contributed by atoms with Crippen LogP contribution in [0.25, 0.3) is 0 Å². The van der Waals surface area contributed by atoms with Crippen LogP contribution < -0.4 is 15.0 Å². The minimum atomic E-state index is 0.126. The summed E-state index contributed by atoms with van der Waals surface area (Å²) in [4.78, 5) is 15.6. The van der Waals surface area contributed by atoms with Gasteiger partial charge in [0, 0.05) is 19.6 Å². The maximum atomic E-state index is 5.84. The van der Waals surface area contributed by atoms with E-state index in [1.165, 1.54) is 19.3 Å². The molecular weight excluding hydrogens is 266 g/mol. The third kappa shape index (κ3) is 4.72. The summed E-state index contributed by atoms with van der Waals surface area (Å²) in [5.41, 5.74) is 0. The Morgan fingerprint density at radius 3 is 2.57 bits per heavy atom. The highest BCUT2D eigenvalue weighted by Gasteiger charge is 2.17. The van der Waals surface area contributed by atoms with Crippen LogP contribution in [0, 0.1) is 0 Å². The fraction of sp³-hybridized carbons (Fsp3) is 0.800. The fourth-order valence-corrected chi connectivity index (χ4v) is 2.52. The van der Waals surface area contributed by atoms with Gasteiger partial charge in [-0.25, -0.2) is 0 Å². The topological polar surface area (TPSA) is 63.2 Å². The lowest BCUT2D eigenvalue weighted by Crippen LogP contribution is -2.31. The van der Waals surface area contributed by atoms with Gasteiger partial charge in [-0.15, -0.1) is 0 Å². The first-order chi connectivity index (χ1) is 10.2. The normalized spacial score (nSPS) is 16.6. The predicted molar refractivity (Wildman–Crippen MR) is 85.1 cm³/mol. The highest BCUT2D eigenvalue weighted by atomic mass is 16.5. The van der Waals surface area contributed by atoms with Crippen LogP contribution in [0.4, 0.5) is 11.9 Å². The number of anilines is 2. The molecule has 0 aliphatic carbocycles. The van der Waals surface area contributed by atoms with Crippen LogP contribution in [-0.2, 0) is 0 Å². The minimum Gasteiger partial charge on any atom is -0.460 e. The Labute approximate surface area is 127 Å². The van der Waals surface area contributed by atoms with Gasteiger partial charge in [0.1, 0.15) is 0 Å². The number of rotatable bonds is 7. The van der Waals surface area contributed by atoms with Crippen molar-refractivity contribution >= 4 is 11.9 Å². The van der Waals surface area contributed by atoms with Crippen molar-refractivity contribution in [1.29, 1.82) is 0 Å². The first-order valence-electron chi connectivity index (χ1n) is 8.14. The van der Waals surface area contributed by atoms with Gasteiger partial charge >= 0.3 is 6.01 Å². The van der Waals surface area contributed by atoms with E-state index in [9.17, 15) is 0 Å². The molecule has 2 heterocycles. The summed E-state index contributed by atoms with van der Waals surface area (Å²) in [5, 5.41) is 3.16. The molecule has 2 rings (SSSR count). The minimum absolute atomic E-state index is 0.126. The lowest BCUT2D eigenvalue weighted by Gasteiger charge is -2.27. The molecule has 6 nitrogen and oxygen atoms in total. The summed E-state index contributed by atoms with van der Waals surface area (Å²) in [6.45, 7) is 9.05. The molecule has 1 saturated heterocycles. The average Bonchev–Trinajstić information content (AvgIpc) is 2.48. The molecule has 0 aromatic carbocycles. The van der Waals surface area contributed by atoms with Gasteiger partial charge in [-0.1, -0.05) is 13.3 Å². The first kappa shape index (κ1) is 15.8. The Bertz CT molecular complexity index is 434. The molecule has 1 aromatic heterocycles. The van der Waals surface area contributed by atoms with E-state index >= 15 is 0 Å². The van der Waals surface area contributed by atoms with Crippen molar-refractivity contribution in [3.63, 3.8) is 0 Å². The molecule has 0 spiro atoms.